The van der Waals surface area contributed by atoms with Crippen LogP contribution in [0.25, 0.3) is 0 Å². The van der Waals surface area contributed by atoms with E-state index >= 15 is 0 Å². The van der Waals surface area contributed by atoms with Gasteiger partial charge in [0.2, 0.25) is 0 Å². The maximum Gasteiger partial charge on any atom is 0.416 e. The third-order valence-corrected chi connectivity index (χ3v) is 7.44. The van der Waals surface area contributed by atoms with Gasteiger partial charge in [-0.15, -0.1) is 0 Å². The maximum absolute atomic E-state index is 13.0. The highest BCUT2D eigenvalue weighted by Gasteiger charge is 2.30. The summed E-state index contributed by atoms with van der Waals surface area (Å²) in [6.45, 7) is 4.66. The Labute approximate surface area is 207 Å². The van der Waals surface area contributed by atoms with E-state index in [0.717, 1.165) is 6.07 Å². The van der Waals surface area contributed by atoms with Gasteiger partial charge in [-0.1, -0.05) is 48.0 Å². The molecule has 0 spiro atoms. The van der Waals surface area contributed by atoms with Crippen molar-refractivity contribution in [2.24, 2.45) is 0 Å². The summed E-state index contributed by atoms with van der Waals surface area (Å²) in [4.78, 5) is 8.64. The van der Waals surface area contributed by atoms with Gasteiger partial charge in [0.25, 0.3) is 10.0 Å². The van der Waals surface area contributed by atoms with Gasteiger partial charge in [-0.05, 0) is 42.3 Å². The van der Waals surface area contributed by atoms with Gasteiger partial charge < -0.3 is 4.90 Å². The van der Waals surface area contributed by atoms with E-state index in [1.54, 1.807) is 37.3 Å². The van der Waals surface area contributed by atoms with E-state index in [9.17, 15) is 21.6 Å². The summed E-state index contributed by atoms with van der Waals surface area (Å²) >= 11 is 6.37. The quantitative estimate of drug-likeness (QED) is 0.450. The molecule has 0 atom stereocenters. The molecule has 0 amide bonds. The first kappa shape index (κ1) is 25.3. The first-order valence-electron chi connectivity index (χ1n) is 10.9. The van der Waals surface area contributed by atoms with Crippen LogP contribution in [0.2, 0.25) is 5.15 Å². The number of piperazine rings is 1. The Kier molecular flexibility index (Phi) is 7.25. The molecule has 0 unspecified atom stereocenters. The molecule has 0 aliphatic carbocycles. The van der Waals surface area contributed by atoms with Gasteiger partial charge in [-0.25, -0.2) is 13.4 Å². The van der Waals surface area contributed by atoms with Crippen LogP contribution < -0.4 is 9.62 Å². The molecule has 4 rings (SSSR count). The van der Waals surface area contributed by atoms with Crippen LogP contribution in [-0.4, -0.2) is 44.5 Å². The van der Waals surface area contributed by atoms with Gasteiger partial charge in [0.1, 0.15) is 5.82 Å². The first-order valence-corrected chi connectivity index (χ1v) is 12.8. The summed E-state index contributed by atoms with van der Waals surface area (Å²) in [6.07, 6.45) is -4.36. The molecule has 11 heteroatoms. The molecule has 0 saturated carbocycles. The minimum atomic E-state index is -4.36. The smallest absolute Gasteiger partial charge is 0.354 e. The molecule has 1 saturated heterocycles. The van der Waals surface area contributed by atoms with Crippen molar-refractivity contribution in [1.82, 2.24) is 9.88 Å². The zero-order valence-corrected chi connectivity index (χ0v) is 20.5. The number of alkyl halides is 3. The zero-order chi connectivity index (χ0) is 25.2. The van der Waals surface area contributed by atoms with Crippen molar-refractivity contribution in [2.75, 3.05) is 35.8 Å². The third kappa shape index (κ3) is 6.06. The number of nitrogens with one attached hydrogen (secondary N) is 1. The fraction of sp³-hybridized carbons (Fsp3) is 0.292. The van der Waals surface area contributed by atoms with Crippen molar-refractivity contribution in [3.8, 4) is 0 Å². The molecule has 3 aromatic rings. The van der Waals surface area contributed by atoms with Gasteiger partial charge in [0, 0.05) is 32.7 Å². The Balaban J connectivity index is 1.41. The Bertz CT molecular complexity index is 1270. The summed E-state index contributed by atoms with van der Waals surface area (Å²) in [5.41, 5.74) is 0.819. The zero-order valence-electron chi connectivity index (χ0n) is 18.9. The number of aryl methyl sites for hydroxylation is 1. The molecule has 35 heavy (non-hydrogen) atoms. The van der Waals surface area contributed by atoms with E-state index in [-0.39, 0.29) is 15.7 Å². The molecule has 1 N–H and O–H groups in total. The minimum absolute atomic E-state index is 0.0471. The van der Waals surface area contributed by atoms with E-state index in [4.69, 9.17) is 11.6 Å². The highest BCUT2D eigenvalue weighted by atomic mass is 35.5. The summed E-state index contributed by atoms with van der Waals surface area (Å²) in [6, 6.07) is 15.1. The molecule has 0 bridgehead atoms. The van der Waals surface area contributed by atoms with Crippen LogP contribution in [0.1, 0.15) is 16.7 Å². The Morgan fingerprint density at radius 3 is 2.31 bits per heavy atom. The van der Waals surface area contributed by atoms with Gasteiger partial charge in [-0.2, -0.15) is 13.2 Å². The fourth-order valence-corrected chi connectivity index (χ4v) is 5.43. The van der Waals surface area contributed by atoms with Gasteiger partial charge in [-0.3, -0.25) is 9.62 Å². The standard InChI is InChI=1S/C24H24ClF3N4O2S/c1-17-14-21(29-23(25)22(17)30-35(33,34)20-8-3-2-4-9-20)32-12-10-31(11-13-32)16-18-6-5-7-19(15-18)24(26,27)28/h2-9,14-15,30H,10-13,16H2,1H3. The molecule has 2 aromatic carbocycles. The lowest BCUT2D eigenvalue weighted by molar-refractivity contribution is -0.137. The highest BCUT2D eigenvalue weighted by molar-refractivity contribution is 7.92. The number of pyridine rings is 1. The fourth-order valence-electron chi connectivity index (χ4n) is 3.93. The third-order valence-electron chi connectivity index (χ3n) is 5.81. The van der Waals surface area contributed by atoms with E-state index in [1.807, 2.05) is 4.90 Å². The lowest BCUT2D eigenvalue weighted by Crippen LogP contribution is -2.46. The van der Waals surface area contributed by atoms with Crippen molar-refractivity contribution in [1.29, 1.82) is 0 Å². The Morgan fingerprint density at radius 1 is 1.00 bits per heavy atom. The number of benzene rings is 2. The van der Waals surface area contributed by atoms with Crippen LogP contribution >= 0.6 is 11.6 Å². The van der Waals surface area contributed by atoms with Crippen LogP contribution in [-0.2, 0) is 22.7 Å². The molecule has 186 valence electrons. The second-order valence-corrected chi connectivity index (χ2v) is 10.4. The van der Waals surface area contributed by atoms with Crippen LogP contribution in [0, 0.1) is 6.92 Å². The van der Waals surface area contributed by atoms with E-state index in [0.29, 0.717) is 49.7 Å². The van der Waals surface area contributed by atoms with Crippen molar-refractivity contribution < 1.29 is 21.6 Å². The molecule has 1 aliphatic rings. The van der Waals surface area contributed by atoms with Crippen molar-refractivity contribution in [3.05, 3.63) is 82.5 Å². The number of halogens is 4. The average molecular weight is 525 g/mol. The van der Waals surface area contributed by atoms with Gasteiger partial charge >= 0.3 is 6.18 Å². The van der Waals surface area contributed by atoms with Crippen LogP contribution in [0.5, 0.6) is 0 Å². The number of nitrogens with zero attached hydrogens (tertiary/aromatic N) is 3. The van der Waals surface area contributed by atoms with Crippen molar-refractivity contribution in [2.45, 2.75) is 24.5 Å². The Hall–Kier alpha value is -2.82. The number of hydrogen-bond acceptors (Lipinski definition) is 5. The van der Waals surface area contributed by atoms with E-state index in [2.05, 4.69) is 14.6 Å². The van der Waals surface area contributed by atoms with E-state index < -0.39 is 21.8 Å². The molecular weight excluding hydrogens is 501 g/mol. The summed E-state index contributed by atoms with van der Waals surface area (Å²) in [5, 5.41) is 0.0471. The summed E-state index contributed by atoms with van der Waals surface area (Å²) < 4.78 is 66.8. The Morgan fingerprint density at radius 2 is 1.69 bits per heavy atom. The van der Waals surface area contributed by atoms with Crippen LogP contribution in [0.4, 0.5) is 24.7 Å². The van der Waals surface area contributed by atoms with Gasteiger partial charge in [0.05, 0.1) is 16.1 Å². The summed E-state index contributed by atoms with van der Waals surface area (Å²) in [7, 11) is -3.81. The largest absolute Gasteiger partial charge is 0.416 e. The normalized spacial score (nSPS) is 15.3. The highest BCUT2D eigenvalue weighted by Crippen LogP contribution is 2.31. The number of rotatable bonds is 6. The number of sulfonamides is 1. The van der Waals surface area contributed by atoms with Crippen LogP contribution in [0.3, 0.4) is 0 Å². The monoisotopic (exact) mass is 524 g/mol. The molecular formula is C24H24ClF3N4O2S. The summed E-state index contributed by atoms with van der Waals surface area (Å²) in [5.74, 6) is 0.619. The van der Waals surface area contributed by atoms with E-state index in [1.165, 1.54) is 24.3 Å². The predicted molar refractivity (Wildman–Crippen MR) is 130 cm³/mol. The lowest BCUT2D eigenvalue weighted by Gasteiger charge is -2.35. The SMILES string of the molecule is Cc1cc(N2CCN(Cc3cccc(C(F)(F)F)c3)CC2)nc(Cl)c1NS(=O)(=O)c1ccccc1. The van der Waals surface area contributed by atoms with Crippen molar-refractivity contribution >= 4 is 33.1 Å². The molecule has 1 aliphatic heterocycles. The predicted octanol–water partition coefficient (Wildman–Crippen LogP) is 5.19. The average Bonchev–Trinajstić information content (AvgIpc) is 2.82. The molecule has 2 heterocycles. The number of anilines is 2. The second kappa shape index (κ2) is 10.0. The number of aromatic nitrogens is 1. The van der Waals surface area contributed by atoms with Gasteiger partial charge in [0.15, 0.2) is 5.15 Å². The second-order valence-electron chi connectivity index (χ2n) is 8.34. The molecule has 0 radical (unpaired) electrons. The topological polar surface area (TPSA) is 65.5 Å². The maximum atomic E-state index is 13.0. The van der Waals surface area contributed by atoms with Crippen molar-refractivity contribution in [3.63, 3.8) is 0 Å². The lowest BCUT2D eigenvalue weighted by atomic mass is 10.1. The van der Waals surface area contributed by atoms with Crippen LogP contribution in [0.15, 0.2) is 65.6 Å². The molecule has 1 fully saturated rings. The number of hydrogen-bond donors (Lipinski definition) is 1. The molecule has 6 nitrogen and oxygen atoms in total. The minimum Gasteiger partial charge on any atom is -0.354 e. The molecule has 1 aromatic heterocycles. The first-order chi connectivity index (χ1) is 16.5.